The Morgan fingerprint density at radius 3 is 1.10 bits per heavy atom. The third-order valence-corrected chi connectivity index (χ3v) is 23.4. The molecule has 0 heterocycles. The van der Waals surface area contributed by atoms with E-state index in [9.17, 15) is 35.7 Å². The number of rotatable bonds is 25. The van der Waals surface area contributed by atoms with Crippen molar-refractivity contribution in [1.82, 2.24) is 0 Å². The SMILES string of the molecule is CC=Nc1cc(C)cc(C)c1O.CC=Nc1cccc(C(C)C)c1O.COc1cc(C=Nc2cccc(C(C)C)c2O)cc(OC)c1OC.Cc1cc(C)c(C=Nc2cc(C)cc(C(C)(C)C)c2O)c(C)c1.Cc1cc(N=CCCCCCCC=Nc2cc(C)cc(C3CCCCC3)c2O)c(O)c(C2CCCCC2)c1.Cc1ccc(C)c(C=Nc2cccc(C(C)C)c2O)c1.[Ag].[Cl][Cu].[Cl][Cu].[Cl][Cu].[Cu].[Cu]. The average Bonchev–Trinajstić information content (AvgIpc) is 0.806. The Balaban J connectivity index is 0.000000852. The molecule has 0 unspecified atom stereocenters. The molecule has 2 saturated carbocycles. The summed E-state index contributed by atoms with van der Waals surface area (Å²) >= 11 is 11.0. The van der Waals surface area contributed by atoms with E-state index >= 15 is 0 Å². The molecular weight excluding hydrogens is 2150 g/mol. The number of halogens is 3. The minimum atomic E-state index is -0.115. The third-order valence-electron chi connectivity index (χ3n) is 23.4. The molecule has 12 rings (SSSR count). The molecule has 0 aromatic heterocycles. The summed E-state index contributed by atoms with van der Waals surface area (Å²) in [5.74, 6) is 5.56. The first-order valence-electron chi connectivity index (χ1n) is 46.6. The maximum atomic E-state index is 10.8. The van der Waals surface area contributed by atoms with E-state index in [2.05, 4.69) is 250 Å². The van der Waals surface area contributed by atoms with Gasteiger partial charge in [-0.3, -0.25) is 34.9 Å². The van der Waals surface area contributed by atoms with Crippen molar-refractivity contribution in [3.05, 3.63) is 251 Å². The summed E-state index contributed by atoms with van der Waals surface area (Å²) in [6.45, 7) is 42.8. The first-order valence-corrected chi connectivity index (χ1v) is 50.5. The fraction of sp³-hybridized carbons (Fsp3) is 0.407. The smallest absolute Gasteiger partial charge is 0 e. The minimum absolute atomic E-state index is 0. The molecule has 0 bridgehead atoms. The van der Waals surface area contributed by atoms with Gasteiger partial charge in [-0.2, -0.15) is 0 Å². The summed E-state index contributed by atoms with van der Waals surface area (Å²) < 4.78 is 16.0. The predicted octanol–water partition coefficient (Wildman–Crippen LogP) is 33.1. The summed E-state index contributed by atoms with van der Waals surface area (Å²) in [6.07, 6.45) is 31.4. The van der Waals surface area contributed by atoms with E-state index < -0.39 is 0 Å². The van der Waals surface area contributed by atoms with E-state index in [1.807, 2.05) is 152 Å². The first-order chi connectivity index (χ1) is 64.9. The van der Waals surface area contributed by atoms with Crippen molar-refractivity contribution >= 4 is 114 Å². The van der Waals surface area contributed by atoms with Crippen molar-refractivity contribution < 1.29 is 152 Å². The van der Waals surface area contributed by atoms with Crippen LogP contribution in [0.3, 0.4) is 0 Å². The molecule has 2 aliphatic carbocycles. The Morgan fingerprint density at radius 2 is 0.712 bits per heavy atom. The van der Waals surface area contributed by atoms with Crippen molar-refractivity contribution in [3.63, 3.8) is 0 Å². The predicted molar refractivity (Wildman–Crippen MR) is 567 cm³/mol. The van der Waals surface area contributed by atoms with E-state index in [-0.39, 0.29) is 96.8 Å². The van der Waals surface area contributed by atoms with Gasteiger partial charge in [0, 0.05) is 111 Å². The molecule has 10 aromatic rings. The zero-order valence-electron chi connectivity index (χ0n) is 85.0. The molecule has 10 aromatic carbocycles. The molecule has 0 atom stereocenters. The van der Waals surface area contributed by atoms with Gasteiger partial charge in [-0.1, -0.05) is 216 Å². The van der Waals surface area contributed by atoms with Crippen LogP contribution in [0.1, 0.15) is 314 Å². The maximum absolute atomic E-state index is 10.8. The zero-order chi connectivity index (χ0) is 101. The molecule has 7 N–H and O–H groups in total. The van der Waals surface area contributed by atoms with Gasteiger partial charge in [-0.25, -0.2) is 0 Å². The Bertz CT molecular complexity index is 5500. The number of unbranched alkanes of at least 4 members (excludes halogenated alkanes) is 5. The van der Waals surface area contributed by atoms with E-state index in [0.29, 0.717) is 80.7 Å². The van der Waals surface area contributed by atoms with Gasteiger partial charge in [0.1, 0.15) is 80.1 Å². The number of ether oxygens (including phenoxy) is 3. The standard InChI is InChI=1S/C34H48N2O2.C21H27NO.C19H23NO4.C18H21NO.C11H15NO.C10H13NO.Ag.3ClH.5Cu/c1-25-21-29(27-15-9-7-10-16-27)33(37)31(23-25)35-19-13-5-3-4-6-14-20-36-32-24-26(2)22-30(34(32)38)28-17-11-8-12-18-28;1-13-8-15(3)17(16(4)9-13)12-22-19-11-14(2)10-18(20(19)23)21(5,6)7;1-12(2)14-7-6-8-15(18(14)21)20-11-13-9-16(22-3)19(24-5)17(10-13)23-4;1-12(2)16-6-5-7-17(18(16)20)19-11-15-10-13(3)8-9-14(15)4;1-4-12-10-7-5-6-9(8(2)3)11(10)13;1-4-11-9-6-7(2)5-8(3)10(9)12;;;;;;;;;/h19-24,27-28,37-38H,3-18H2,1-2H3;8-12,23H,1-7H3;6-12,21H,1-5H3;5-12,20H,1-4H3;4-8,13H,1-3H3;4-6,12H,1-3H3;;3*1H;;;;;/q;;;;;;;;;;;;3*+1/p-3. The Labute approximate surface area is 905 Å². The van der Waals surface area contributed by atoms with Gasteiger partial charge in [0.15, 0.2) is 11.5 Å². The van der Waals surface area contributed by atoms with Crippen LogP contribution in [-0.2, 0) is 107 Å². The summed E-state index contributed by atoms with van der Waals surface area (Å²) in [7, 11) is 17.3. The van der Waals surface area contributed by atoms with E-state index in [1.54, 1.807) is 64.2 Å². The second-order valence-corrected chi connectivity index (χ2v) is 36.4. The summed E-state index contributed by atoms with van der Waals surface area (Å²) in [6, 6.07) is 47.2. The molecule has 0 saturated heterocycles. The topological polar surface area (TPSA) is 256 Å². The van der Waals surface area contributed by atoms with Gasteiger partial charge >= 0.3 is 75.6 Å². The van der Waals surface area contributed by atoms with Crippen molar-refractivity contribution in [1.29, 1.82) is 0 Å². The van der Waals surface area contributed by atoms with Crippen molar-refractivity contribution in [2.24, 2.45) is 34.9 Å². The molecule has 0 spiro atoms. The van der Waals surface area contributed by atoms with Crippen molar-refractivity contribution in [3.8, 4) is 57.5 Å². The fourth-order valence-electron chi connectivity index (χ4n) is 16.4. The Hall–Kier alpha value is -7.90. The number of aromatic hydroxyl groups is 7. The van der Waals surface area contributed by atoms with Crippen LogP contribution in [0.2, 0.25) is 0 Å². The minimum Gasteiger partial charge on any atom is 0 e. The van der Waals surface area contributed by atoms with Gasteiger partial charge in [0.2, 0.25) is 5.75 Å². The number of aryl methyl sites for hydroxylation is 10. The van der Waals surface area contributed by atoms with Crippen LogP contribution in [0, 0.1) is 69.2 Å². The molecule has 0 aliphatic heterocycles. The third kappa shape index (κ3) is 42.1. The van der Waals surface area contributed by atoms with Crippen LogP contribution < -0.4 is 14.2 Å². The van der Waals surface area contributed by atoms with Crippen LogP contribution >= 0.6 is 30.3 Å². The molecule has 2 fully saturated rings. The normalized spacial score (nSPS) is 12.5. The number of para-hydroxylation sites is 3. The molecule has 0 amide bonds. The van der Waals surface area contributed by atoms with E-state index in [4.69, 9.17) is 14.2 Å². The average molecular weight is 2300 g/mol. The summed E-state index contributed by atoms with van der Waals surface area (Å²) in [4.78, 5) is 30.8. The quantitative estimate of drug-likeness (QED) is 0.0162. The molecule has 3 radical (unpaired) electrons. The maximum Gasteiger partial charge on any atom is 0 e. The van der Waals surface area contributed by atoms with Crippen LogP contribution in [0.4, 0.5) is 39.8 Å². The van der Waals surface area contributed by atoms with Crippen molar-refractivity contribution in [2.45, 2.75) is 283 Å². The number of aliphatic imine (C=N–C) groups is 7. The van der Waals surface area contributed by atoms with Crippen LogP contribution in [0.15, 0.2) is 181 Å². The fourth-order valence-corrected chi connectivity index (χ4v) is 16.4. The van der Waals surface area contributed by atoms with Gasteiger partial charge in [-0.05, 0) is 308 Å². The summed E-state index contributed by atoms with van der Waals surface area (Å²) in [5, 5.41) is 72.2. The molecule has 781 valence electrons. The summed E-state index contributed by atoms with van der Waals surface area (Å²) in [5.41, 5.74) is 24.8. The first kappa shape index (κ1) is 129. The molecule has 26 heteroatoms. The van der Waals surface area contributed by atoms with Crippen LogP contribution in [0.25, 0.3) is 0 Å². The second kappa shape index (κ2) is 68.4. The molecular formula is C113H147AgCl3Cu5N7O10. The van der Waals surface area contributed by atoms with Gasteiger partial charge < -0.3 is 50.0 Å². The molecule has 2 aliphatic rings. The Kier molecular flexibility index (Phi) is 63.5. The number of phenols is 7. The number of hydrogen-bond acceptors (Lipinski definition) is 17. The number of phenolic OH excluding ortho intramolecular Hbond substituents is 7. The van der Waals surface area contributed by atoms with Crippen LogP contribution in [-0.4, -0.2) is 101 Å². The van der Waals surface area contributed by atoms with E-state index in [1.165, 1.54) is 103 Å². The monoisotopic (exact) mass is 2290 g/mol. The van der Waals surface area contributed by atoms with Crippen LogP contribution in [0.5, 0.6) is 57.5 Å². The molecule has 139 heavy (non-hydrogen) atoms. The number of hydrogen-bond donors (Lipinski definition) is 7. The number of methoxy groups -OCH3 is 3. The van der Waals surface area contributed by atoms with Gasteiger partial charge in [-0.15, -0.1) is 0 Å². The zero-order valence-corrected chi connectivity index (χ0v) is 93.5. The number of nitrogens with zero attached hydrogens (tertiary/aromatic N) is 7. The molecule has 17 nitrogen and oxygen atoms in total. The van der Waals surface area contributed by atoms with Gasteiger partial charge in [0.25, 0.3) is 0 Å². The Morgan fingerprint density at radius 1 is 0.360 bits per heavy atom. The van der Waals surface area contributed by atoms with E-state index in [0.717, 1.165) is 117 Å². The number of benzene rings is 10. The van der Waals surface area contributed by atoms with Gasteiger partial charge in [0.05, 0.1) is 21.3 Å². The van der Waals surface area contributed by atoms with Crippen molar-refractivity contribution in [2.75, 3.05) is 21.3 Å². The largest absolute Gasteiger partial charge is 0 e. The second-order valence-electron chi connectivity index (χ2n) is 36.4.